The van der Waals surface area contributed by atoms with Crippen molar-refractivity contribution in [2.45, 2.75) is 6.42 Å². The van der Waals surface area contributed by atoms with Crippen molar-refractivity contribution in [2.75, 3.05) is 13.1 Å². The summed E-state index contributed by atoms with van der Waals surface area (Å²) in [5.41, 5.74) is 0. The molecule has 0 aromatic rings. The van der Waals surface area contributed by atoms with E-state index in [0.717, 1.165) is 6.54 Å². The van der Waals surface area contributed by atoms with Gasteiger partial charge in [0.05, 0.1) is 0 Å². The first-order valence-corrected chi connectivity index (χ1v) is 6.68. The Bertz CT molecular complexity index is 128. The third-order valence-electron chi connectivity index (χ3n) is 1.30. The maximum atomic E-state index is 2.72. The highest BCUT2D eigenvalue weighted by Crippen LogP contribution is 2.29. The molecule has 1 aliphatic heterocycles. The fourth-order valence-corrected chi connectivity index (χ4v) is 2.48. The van der Waals surface area contributed by atoms with E-state index in [9.17, 15) is 0 Å². The predicted octanol–water partition coefficient (Wildman–Crippen LogP) is 2.45. The Morgan fingerprint density at radius 1 is 1.78 bits per heavy atom. The summed E-state index contributed by atoms with van der Waals surface area (Å²) in [7, 11) is 4.56. The molecule has 0 N–H and O–H groups in total. The minimum absolute atomic E-state index is 1.09. The van der Waals surface area contributed by atoms with Crippen LogP contribution in [0.4, 0.5) is 0 Å². The Balaban J connectivity index is 2.40. The van der Waals surface area contributed by atoms with Gasteiger partial charge in [0.1, 0.15) is 0 Å². The maximum Gasteiger partial charge on any atom is 0.0208 e. The van der Waals surface area contributed by atoms with Crippen LogP contribution in [-0.2, 0) is 0 Å². The standard InChI is InChI=1S/C5H9INPS/c6-9-5-1-3-7(8)4-2-5/h1H,2-4,8H2. The van der Waals surface area contributed by atoms with Crippen molar-refractivity contribution in [3.63, 3.8) is 0 Å². The molecule has 52 valence electrons. The smallest absolute Gasteiger partial charge is 0.0208 e. The Morgan fingerprint density at radius 3 is 3.00 bits per heavy atom. The van der Waals surface area contributed by atoms with E-state index in [0.29, 0.717) is 0 Å². The molecule has 4 heteroatoms. The number of halogens is 1. The van der Waals surface area contributed by atoms with E-state index in [2.05, 4.69) is 41.3 Å². The van der Waals surface area contributed by atoms with Gasteiger partial charge < -0.3 is 0 Å². The second kappa shape index (κ2) is 4.16. The number of hydrogen-bond acceptors (Lipinski definition) is 2. The molecule has 1 heterocycles. The second-order valence-electron chi connectivity index (χ2n) is 1.99. The summed E-state index contributed by atoms with van der Waals surface area (Å²) in [4.78, 5) is 1.52. The lowest BCUT2D eigenvalue weighted by Gasteiger charge is -2.19. The zero-order chi connectivity index (χ0) is 6.69. The highest BCUT2D eigenvalue weighted by atomic mass is 127. The van der Waals surface area contributed by atoms with Crippen molar-refractivity contribution in [1.29, 1.82) is 0 Å². The van der Waals surface area contributed by atoms with Gasteiger partial charge in [-0.15, -0.1) is 0 Å². The first-order chi connectivity index (χ1) is 4.33. The zero-order valence-corrected chi connectivity index (χ0v) is 9.14. The van der Waals surface area contributed by atoms with Gasteiger partial charge in [0.2, 0.25) is 0 Å². The molecular formula is C5H9INPS. The lowest BCUT2D eigenvalue weighted by atomic mass is 10.3. The SMILES string of the molecule is PN1CC=C(SI)CC1. The quantitative estimate of drug-likeness (QED) is 0.533. The Morgan fingerprint density at radius 2 is 2.56 bits per heavy atom. The van der Waals surface area contributed by atoms with Crippen LogP contribution in [0.3, 0.4) is 0 Å². The van der Waals surface area contributed by atoms with Crippen molar-refractivity contribution in [3.05, 3.63) is 11.0 Å². The molecule has 1 nitrogen and oxygen atoms in total. The van der Waals surface area contributed by atoms with Gasteiger partial charge in [-0.25, -0.2) is 0 Å². The van der Waals surface area contributed by atoms with Crippen molar-refractivity contribution in [2.24, 2.45) is 0 Å². The van der Waals surface area contributed by atoms with Gasteiger partial charge >= 0.3 is 0 Å². The van der Waals surface area contributed by atoms with E-state index in [1.165, 1.54) is 17.9 Å². The van der Waals surface area contributed by atoms with E-state index >= 15 is 0 Å². The Labute approximate surface area is 74.5 Å². The molecule has 9 heavy (non-hydrogen) atoms. The van der Waals surface area contributed by atoms with E-state index in [1.54, 1.807) is 0 Å². The highest BCUT2D eigenvalue weighted by Gasteiger charge is 2.05. The molecule has 0 aromatic heterocycles. The molecule has 0 amide bonds. The van der Waals surface area contributed by atoms with Crippen LogP contribution in [0.25, 0.3) is 0 Å². The van der Waals surface area contributed by atoms with Crippen LogP contribution in [0, 0.1) is 0 Å². The fourth-order valence-electron chi connectivity index (χ4n) is 0.736. The Kier molecular flexibility index (Phi) is 3.84. The van der Waals surface area contributed by atoms with Crippen LogP contribution in [0.5, 0.6) is 0 Å². The third-order valence-corrected chi connectivity index (χ3v) is 4.03. The topological polar surface area (TPSA) is 3.24 Å². The highest BCUT2D eigenvalue weighted by molar-refractivity contribution is 14.2. The summed E-state index contributed by atoms with van der Waals surface area (Å²) in [6, 6.07) is 0. The summed E-state index contributed by atoms with van der Waals surface area (Å²) < 4.78 is 2.25. The van der Waals surface area contributed by atoms with Gasteiger partial charge in [-0.3, -0.25) is 4.67 Å². The van der Waals surface area contributed by atoms with Crippen molar-refractivity contribution in [1.82, 2.24) is 4.67 Å². The summed E-state index contributed by atoms with van der Waals surface area (Å²) in [5.74, 6) is 0. The minimum Gasteiger partial charge on any atom is -0.283 e. The Hall–Kier alpha value is 1.21. The average Bonchev–Trinajstić information content (AvgIpc) is 1.90. The minimum atomic E-state index is 1.09. The summed E-state index contributed by atoms with van der Waals surface area (Å²) in [6.45, 7) is 2.28. The van der Waals surface area contributed by atoms with Crippen molar-refractivity contribution >= 4 is 39.5 Å². The van der Waals surface area contributed by atoms with E-state index in [-0.39, 0.29) is 0 Å². The molecule has 0 saturated heterocycles. The average molecular weight is 273 g/mol. The molecule has 1 unspecified atom stereocenters. The van der Waals surface area contributed by atoms with Crippen LogP contribution < -0.4 is 0 Å². The summed E-state index contributed by atoms with van der Waals surface area (Å²) >= 11 is 2.34. The molecule has 0 saturated carbocycles. The van der Waals surface area contributed by atoms with Crippen LogP contribution in [0.15, 0.2) is 11.0 Å². The van der Waals surface area contributed by atoms with Gasteiger partial charge in [0, 0.05) is 34.3 Å². The molecule has 1 aliphatic rings. The third kappa shape index (κ3) is 2.74. The molecule has 0 aromatic carbocycles. The summed E-state index contributed by atoms with van der Waals surface area (Å²) in [5, 5.41) is 0. The van der Waals surface area contributed by atoms with E-state index < -0.39 is 0 Å². The van der Waals surface area contributed by atoms with E-state index in [1.807, 2.05) is 8.93 Å². The first kappa shape index (κ1) is 8.31. The number of rotatable bonds is 1. The molecule has 0 aliphatic carbocycles. The number of nitrogens with zero attached hydrogens (tertiary/aromatic N) is 1. The van der Waals surface area contributed by atoms with Crippen LogP contribution in [-0.4, -0.2) is 17.8 Å². The summed E-state index contributed by atoms with van der Waals surface area (Å²) in [6.07, 6.45) is 3.50. The van der Waals surface area contributed by atoms with Crippen LogP contribution in [0.2, 0.25) is 0 Å². The molecular weight excluding hydrogens is 264 g/mol. The molecule has 0 fully saturated rings. The van der Waals surface area contributed by atoms with Gasteiger partial charge in [-0.1, -0.05) is 24.4 Å². The normalized spacial score (nSPS) is 21.8. The van der Waals surface area contributed by atoms with Gasteiger partial charge in [-0.2, -0.15) is 0 Å². The maximum absolute atomic E-state index is 2.72. The van der Waals surface area contributed by atoms with Crippen molar-refractivity contribution in [3.8, 4) is 0 Å². The molecule has 0 spiro atoms. The predicted molar refractivity (Wildman–Crippen MR) is 55.6 cm³/mol. The number of hydrogen-bond donors (Lipinski definition) is 0. The van der Waals surface area contributed by atoms with Crippen LogP contribution >= 0.6 is 39.5 Å². The van der Waals surface area contributed by atoms with Gasteiger partial charge in [0.15, 0.2) is 0 Å². The zero-order valence-electron chi connectivity index (χ0n) is 5.01. The monoisotopic (exact) mass is 273 g/mol. The fraction of sp³-hybridized carbons (Fsp3) is 0.600. The van der Waals surface area contributed by atoms with E-state index in [4.69, 9.17) is 0 Å². The molecule has 1 rings (SSSR count). The van der Waals surface area contributed by atoms with Gasteiger partial charge in [-0.05, 0) is 11.3 Å². The first-order valence-electron chi connectivity index (χ1n) is 2.80. The van der Waals surface area contributed by atoms with Crippen molar-refractivity contribution < 1.29 is 0 Å². The van der Waals surface area contributed by atoms with Gasteiger partial charge in [0.25, 0.3) is 0 Å². The largest absolute Gasteiger partial charge is 0.283 e. The van der Waals surface area contributed by atoms with Crippen LogP contribution in [0.1, 0.15) is 6.42 Å². The molecule has 1 atom stereocenters. The lowest BCUT2D eigenvalue weighted by molar-refractivity contribution is 0.506. The second-order valence-corrected chi connectivity index (χ2v) is 4.72. The molecule has 0 bridgehead atoms. The molecule has 0 radical (unpaired) electrons. The lowest BCUT2D eigenvalue weighted by Crippen LogP contribution is -2.17.